The van der Waals surface area contributed by atoms with Gasteiger partial charge in [0.25, 0.3) is 0 Å². The third kappa shape index (κ3) is 1.80. The van der Waals surface area contributed by atoms with E-state index in [1.54, 1.807) is 7.11 Å². The molecule has 1 saturated carbocycles. The summed E-state index contributed by atoms with van der Waals surface area (Å²) in [6, 6.07) is 6.80. The molecule has 3 aliphatic rings. The van der Waals surface area contributed by atoms with E-state index in [9.17, 15) is 5.21 Å². The molecule has 0 amide bonds. The Balaban J connectivity index is 1.89. The number of nitrogens with zero attached hydrogens (tertiary/aromatic N) is 1. The summed E-state index contributed by atoms with van der Waals surface area (Å²) in [5.74, 6) is 1.54. The summed E-state index contributed by atoms with van der Waals surface area (Å²) in [5.41, 5.74) is 3.16. The number of rotatable bonds is 1. The van der Waals surface area contributed by atoms with Gasteiger partial charge in [-0.25, -0.2) is 0 Å². The first kappa shape index (κ1) is 13.6. The predicted molar refractivity (Wildman–Crippen MR) is 83.2 cm³/mol. The van der Waals surface area contributed by atoms with Gasteiger partial charge < -0.3 is 14.6 Å². The van der Waals surface area contributed by atoms with Gasteiger partial charge in [-0.3, -0.25) is 0 Å². The summed E-state index contributed by atoms with van der Waals surface area (Å²) in [5, 5.41) is 13.0. The second-order valence-electron chi connectivity index (χ2n) is 7.45. The van der Waals surface area contributed by atoms with Gasteiger partial charge in [0.15, 0.2) is 0 Å². The van der Waals surface area contributed by atoms with E-state index in [0.29, 0.717) is 5.92 Å². The fourth-order valence-electron chi connectivity index (χ4n) is 5.46. The lowest BCUT2D eigenvalue weighted by Gasteiger charge is -2.63. The number of benzene rings is 1. The second-order valence-corrected chi connectivity index (χ2v) is 7.45. The molecular formula is C18H25NO2. The zero-order chi connectivity index (χ0) is 14.7. The van der Waals surface area contributed by atoms with Crippen molar-refractivity contribution in [1.82, 2.24) is 0 Å². The van der Waals surface area contributed by atoms with E-state index in [0.717, 1.165) is 25.1 Å². The molecule has 114 valence electrons. The van der Waals surface area contributed by atoms with E-state index in [4.69, 9.17) is 4.74 Å². The standard InChI is InChI=1S/C18H25NO2/c1-19(20)10-9-18-8-4-3-5-15(18)17(19)11-13-6-7-14(21-2)12-16(13)18/h6-7,12,15,17H,3-5,8-11H2,1-2H3/t15-,17-,18+,19?/m0/s1. The van der Waals surface area contributed by atoms with E-state index in [-0.39, 0.29) is 16.1 Å². The fourth-order valence-corrected chi connectivity index (χ4v) is 5.46. The Hall–Kier alpha value is -1.06. The molecule has 1 aromatic rings. The number of quaternary nitrogens is 1. The van der Waals surface area contributed by atoms with Crippen LogP contribution < -0.4 is 4.74 Å². The zero-order valence-corrected chi connectivity index (χ0v) is 13.1. The minimum absolute atomic E-state index is 0.0299. The highest BCUT2D eigenvalue weighted by Crippen LogP contribution is 2.57. The molecule has 1 aromatic carbocycles. The molecule has 0 N–H and O–H groups in total. The van der Waals surface area contributed by atoms with Crippen molar-refractivity contribution in [3.63, 3.8) is 0 Å². The van der Waals surface area contributed by atoms with Gasteiger partial charge in [0.05, 0.1) is 26.7 Å². The van der Waals surface area contributed by atoms with Crippen LogP contribution in [0.3, 0.4) is 0 Å². The molecule has 2 aliphatic carbocycles. The molecule has 1 heterocycles. The normalized spacial score (nSPS) is 41.1. The smallest absolute Gasteiger partial charge is 0.119 e. The molecule has 2 fully saturated rings. The predicted octanol–water partition coefficient (Wildman–Crippen LogP) is 3.40. The van der Waals surface area contributed by atoms with Crippen LogP contribution in [0.2, 0.25) is 0 Å². The topological polar surface area (TPSA) is 32.3 Å². The first-order valence-corrected chi connectivity index (χ1v) is 8.30. The number of hydrogen-bond donors (Lipinski definition) is 0. The summed E-state index contributed by atoms with van der Waals surface area (Å²) in [4.78, 5) is 0. The maximum Gasteiger partial charge on any atom is 0.119 e. The molecule has 4 atom stereocenters. The maximum atomic E-state index is 13.0. The summed E-state index contributed by atoms with van der Waals surface area (Å²) in [7, 11) is 3.65. The molecule has 21 heavy (non-hydrogen) atoms. The van der Waals surface area contributed by atoms with Crippen LogP contribution in [0.5, 0.6) is 5.75 Å². The number of hydroxylamine groups is 3. The zero-order valence-electron chi connectivity index (χ0n) is 13.1. The summed E-state index contributed by atoms with van der Waals surface area (Å²) in [6.45, 7) is 0.776. The Morgan fingerprint density at radius 1 is 1.29 bits per heavy atom. The Morgan fingerprint density at radius 3 is 2.95 bits per heavy atom. The Bertz CT molecular complexity index is 568. The van der Waals surface area contributed by atoms with Gasteiger partial charge >= 0.3 is 0 Å². The second kappa shape index (κ2) is 4.47. The van der Waals surface area contributed by atoms with Crippen molar-refractivity contribution < 1.29 is 9.38 Å². The molecule has 3 nitrogen and oxygen atoms in total. The van der Waals surface area contributed by atoms with Crippen molar-refractivity contribution in [2.75, 3.05) is 20.7 Å². The third-order valence-corrected chi connectivity index (χ3v) is 6.55. The van der Waals surface area contributed by atoms with Crippen molar-refractivity contribution in [1.29, 1.82) is 0 Å². The number of methoxy groups -OCH3 is 1. The van der Waals surface area contributed by atoms with Crippen molar-refractivity contribution in [3.05, 3.63) is 34.5 Å². The minimum Gasteiger partial charge on any atom is -0.633 e. The van der Waals surface area contributed by atoms with E-state index in [1.807, 2.05) is 7.05 Å². The van der Waals surface area contributed by atoms with Crippen molar-refractivity contribution >= 4 is 0 Å². The van der Waals surface area contributed by atoms with Crippen LogP contribution in [0.15, 0.2) is 18.2 Å². The number of likely N-dealkylation sites (tertiary alicyclic amines) is 1. The lowest BCUT2D eigenvalue weighted by molar-refractivity contribution is -0.899. The van der Waals surface area contributed by atoms with Gasteiger partial charge in [0.1, 0.15) is 5.75 Å². The number of hydrogen-bond acceptors (Lipinski definition) is 2. The summed E-state index contributed by atoms with van der Waals surface area (Å²) >= 11 is 0. The number of fused-ring (bicyclic) bond motifs is 1. The molecule has 0 radical (unpaired) electrons. The molecule has 1 aliphatic heterocycles. The average Bonchev–Trinajstić information content (AvgIpc) is 2.51. The van der Waals surface area contributed by atoms with Crippen LogP contribution in [0.1, 0.15) is 43.2 Å². The van der Waals surface area contributed by atoms with Crippen molar-refractivity contribution in [2.45, 2.75) is 50.0 Å². The number of likely N-dealkylation sites (N-methyl/N-ethyl adjacent to an activating group) is 1. The molecule has 1 saturated heterocycles. The first-order chi connectivity index (χ1) is 10.1. The fraction of sp³-hybridized carbons (Fsp3) is 0.667. The highest BCUT2D eigenvalue weighted by Gasteiger charge is 2.57. The van der Waals surface area contributed by atoms with Crippen molar-refractivity contribution in [3.8, 4) is 5.75 Å². The first-order valence-electron chi connectivity index (χ1n) is 8.30. The van der Waals surface area contributed by atoms with Crippen LogP contribution >= 0.6 is 0 Å². The molecule has 1 unspecified atom stereocenters. The maximum absolute atomic E-state index is 13.0. The summed E-state index contributed by atoms with van der Waals surface area (Å²) < 4.78 is 5.44. The third-order valence-electron chi connectivity index (χ3n) is 6.55. The van der Waals surface area contributed by atoms with Gasteiger partial charge in [-0.15, -0.1) is 0 Å². The van der Waals surface area contributed by atoms with Gasteiger partial charge in [0.2, 0.25) is 0 Å². The Labute approximate surface area is 127 Å². The van der Waals surface area contributed by atoms with E-state index >= 15 is 0 Å². The molecule has 4 rings (SSSR count). The van der Waals surface area contributed by atoms with Gasteiger partial charge in [-0.2, -0.15) is 0 Å². The van der Waals surface area contributed by atoms with Gasteiger partial charge in [-0.05, 0) is 36.1 Å². The molecule has 0 spiro atoms. The van der Waals surface area contributed by atoms with E-state index < -0.39 is 0 Å². The van der Waals surface area contributed by atoms with Crippen LogP contribution in [0, 0.1) is 11.1 Å². The highest BCUT2D eigenvalue weighted by atomic mass is 16.5. The minimum atomic E-state index is -0.0299. The van der Waals surface area contributed by atoms with E-state index in [2.05, 4.69) is 18.2 Å². The Morgan fingerprint density at radius 2 is 2.14 bits per heavy atom. The summed E-state index contributed by atoms with van der Waals surface area (Å²) in [6.07, 6.45) is 7.09. The van der Waals surface area contributed by atoms with Crippen LogP contribution in [-0.2, 0) is 11.8 Å². The van der Waals surface area contributed by atoms with Crippen LogP contribution in [0.25, 0.3) is 0 Å². The molecular weight excluding hydrogens is 262 g/mol. The quantitative estimate of drug-likeness (QED) is 0.586. The lowest BCUT2D eigenvalue weighted by atomic mass is 9.52. The average molecular weight is 287 g/mol. The van der Waals surface area contributed by atoms with Gasteiger partial charge in [0, 0.05) is 24.2 Å². The van der Waals surface area contributed by atoms with E-state index in [1.165, 1.54) is 36.8 Å². The van der Waals surface area contributed by atoms with Crippen LogP contribution in [-0.4, -0.2) is 31.4 Å². The van der Waals surface area contributed by atoms with Gasteiger partial charge in [-0.1, -0.05) is 18.9 Å². The monoisotopic (exact) mass is 287 g/mol. The number of piperidine rings is 1. The Kier molecular flexibility index (Phi) is 2.89. The highest BCUT2D eigenvalue weighted by molar-refractivity contribution is 5.45. The molecule has 2 bridgehead atoms. The largest absolute Gasteiger partial charge is 0.633 e. The molecule has 0 aromatic heterocycles. The van der Waals surface area contributed by atoms with Crippen LogP contribution in [0.4, 0.5) is 0 Å². The SMILES string of the molecule is COc1ccc2c(c1)[C@@]13CCCC[C@H]1[C@H](C2)[N+](C)([O-])CC3. The molecule has 3 heteroatoms. The lowest BCUT2D eigenvalue weighted by Crippen LogP contribution is -2.66. The number of ether oxygens (including phenoxy) is 1. The van der Waals surface area contributed by atoms with Crippen molar-refractivity contribution in [2.24, 2.45) is 5.92 Å².